The van der Waals surface area contributed by atoms with Crippen LogP contribution in [0.2, 0.25) is 0 Å². The molecule has 4 aromatic heterocycles. The van der Waals surface area contributed by atoms with Crippen molar-refractivity contribution in [1.82, 2.24) is 39.0 Å². The number of aromatic amines is 1. The van der Waals surface area contributed by atoms with Crippen LogP contribution in [0.15, 0.2) is 46.6 Å². The average molecular weight is 750 g/mol. The van der Waals surface area contributed by atoms with Crippen molar-refractivity contribution in [2.24, 2.45) is 0 Å². The monoisotopic (exact) mass is 750 g/mol. The van der Waals surface area contributed by atoms with Crippen molar-refractivity contribution in [3.63, 3.8) is 0 Å². The minimum atomic E-state index is -5.37. The minimum Gasteiger partial charge on any atom is -0.469 e. The first-order valence-corrected chi connectivity index (χ1v) is 17.0. The zero-order chi connectivity index (χ0) is 35.7. The van der Waals surface area contributed by atoms with E-state index in [9.17, 15) is 42.0 Å². The summed E-state index contributed by atoms with van der Waals surface area (Å²) in [6, 6.07) is 0. The van der Waals surface area contributed by atoms with Crippen LogP contribution in [0.1, 0.15) is 25.3 Å². The lowest BCUT2D eigenvalue weighted by atomic mass is 10.0. The van der Waals surface area contributed by atoms with Gasteiger partial charge in [-0.1, -0.05) is 0 Å². The Morgan fingerprint density at radius 1 is 0.940 bits per heavy atom. The number of aliphatic hydroxyl groups excluding tert-OH is 1. The van der Waals surface area contributed by atoms with E-state index in [1.807, 2.05) is 0 Å². The molecule has 7 rings (SSSR count). The van der Waals surface area contributed by atoms with E-state index in [1.54, 1.807) is 0 Å². The normalized spacial score (nSPS) is 29.2. The number of fused-ring (bicyclic) bond motifs is 3. The molecule has 2 bridgehead atoms. The second-order valence-corrected chi connectivity index (χ2v) is 13.6. The summed E-state index contributed by atoms with van der Waals surface area (Å²) in [5, 5.41) is 11.1. The molecular formula is C23H23F3N10O12P2. The second kappa shape index (κ2) is 12.0. The Morgan fingerprint density at radius 3 is 2.34 bits per heavy atom. The highest BCUT2D eigenvalue weighted by atomic mass is 31.2. The number of aromatic nitrogens is 8. The van der Waals surface area contributed by atoms with Gasteiger partial charge in [0.2, 0.25) is 18.4 Å². The summed E-state index contributed by atoms with van der Waals surface area (Å²) in [6.45, 7) is -2.14. The summed E-state index contributed by atoms with van der Waals surface area (Å²) in [5.41, 5.74) is 9.85. The number of rotatable bonds is 4. The number of alkyl halides is 3. The Kier molecular flexibility index (Phi) is 8.14. The number of nitrogens with zero attached hydrogens (tertiary/aromatic N) is 7. The standard InChI is InChI=1S/C23H23F3N10O12P2/c24-23(25,26)2-1-8-9-3-43-50(41,42)48-15-10(46-20(13(15)37)35-6-31-11-16(27)29-5-30-17(11)35)4-44-49(39,40)47-14(8)21(45-9)36-7-32-12-18(36)33-22(28)34-19(12)38/h5-7,13-14,20-21,37H,1-4H2,(H,39,40)(H,41,42)(H2,27,29,30)(H3,28,33,34,38)/t13?,14?,20-,21-/m1/s1. The number of imidazole rings is 2. The van der Waals surface area contributed by atoms with Crippen LogP contribution in [0.25, 0.3) is 22.3 Å². The van der Waals surface area contributed by atoms with Crippen molar-refractivity contribution in [3.05, 3.63) is 52.2 Å². The van der Waals surface area contributed by atoms with Crippen LogP contribution in [-0.2, 0) is 36.7 Å². The van der Waals surface area contributed by atoms with Crippen molar-refractivity contribution in [2.45, 2.75) is 43.7 Å². The van der Waals surface area contributed by atoms with Crippen LogP contribution in [0.4, 0.5) is 24.9 Å². The predicted octanol–water partition coefficient (Wildman–Crippen LogP) is 1.000. The SMILES string of the molecule is Nc1nc2c(ncn2[C@@H]2OC3=C(CCC(F)(F)F)C2OP(=O)(O)OCC2=C(OP(=O)(O)OC3)C(O)[C@H](n3cnc4c(N)ncnc43)O2)c(=O)[nH]1. The summed E-state index contributed by atoms with van der Waals surface area (Å²) in [5.74, 6) is -2.32. The number of H-pyrrole nitrogens is 1. The summed E-state index contributed by atoms with van der Waals surface area (Å²) in [7, 11) is -10.7. The molecule has 0 spiro atoms. The molecule has 0 aliphatic carbocycles. The molecule has 50 heavy (non-hydrogen) atoms. The van der Waals surface area contributed by atoms with Gasteiger partial charge >= 0.3 is 21.8 Å². The van der Waals surface area contributed by atoms with Crippen LogP contribution in [-0.4, -0.2) is 85.5 Å². The molecule has 4 aromatic rings. The molecule has 0 saturated heterocycles. The maximum absolute atomic E-state index is 13.4. The van der Waals surface area contributed by atoms with Gasteiger partial charge in [-0.15, -0.1) is 0 Å². The highest BCUT2D eigenvalue weighted by Gasteiger charge is 2.48. The molecule has 6 atom stereocenters. The zero-order valence-corrected chi connectivity index (χ0v) is 26.5. The Bertz CT molecular complexity index is 2240. The van der Waals surface area contributed by atoms with E-state index in [0.717, 1.165) is 28.1 Å². The fraction of sp³-hybridized carbons (Fsp3) is 0.391. The molecule has 8 N–H and O–H groups in total. The quantitative estimate of drug-likeness (QED) is 0.158. The molecule has 0 aromatic carbocycles. The molecule has 7 heterocycles. The van der Waals surface area contributed by atoms with Crippen LogP contribution >= 0.6 is 15.6 Å². The van der Waals surface area contributed by atoms with Crippen molar-refractivity contribution in [3.8, 4) is 0 Å². The molecule has 3 aliphatic heterocycles. The summed E-state index contributed by atoms with van der Waals surface area (Å²) < 4.78 is 101. The van der Waals surface area contributed by atoms with Crippen LogP contribution in [0, 0.1) is 0 Å². The summed E-state index contributed by atoms with van der Waals surface area (Å²) >= 11 is 0. The summed E-state index contributed by atoms with van der Waals surface area (Å²) in [4.78, 5) is 55.9. The van der Waals surface area contributed by atoms with Crippen molar-refractivity contribution in [2.75, 3.05) is 24.7 Å². The number of phosphoric ester groups is 2. The van der Waals surface area contributed by atoms with E-state index in [0.29, 0.717) is 0 Å². The van der Waals surface area contributed by atoms with E-state index in [4.69, 9.17) is 39.0 Å². The number of phosphoric acid groups is 2. The highest BCUT2D eigenvalue weighted by molar-refractivity contribution is 7.47. The third-order valence-electron chi connectivity index (χ3n) is 7.54. The highest BCUT2D eigenvalue weighted by Crippen LogP contribution is 2.55. The molecule has 0 radical (unpaired) electrons. The van der Waals surface area contributed by atoms with Gasteiger partial charge in [0.1, 0.15) is 43.5 Å². The van der Waals surface area contributed by atoms with Gasteiger partial charge in [0.15, 0.2) is 46.4 Å². The molecule has 0 saturated carbocycles. The topological polar surface area (TPSA) is 309 Å². The molecule has 3 aliphatic rings. The smallest absolute Gasteiger partial charge is 0.469 e. The van der Waals surface area contributed by atoms with Gasteiger partial charge in [0.05, 0.1) is 0 Å². The molecule has 22 nitrogen and oxygen atoms in total. The lowest BCUT2D eigenvalue weighted by Crippen LogP contribution is -2.26. The maximum atomic E-state index is 13.4. The molecule has 27 heteroatoms. The minimum absolute atomic E-state index is 0.0240. The van der Waals surface area contributed by atoms with E-state index in [1.165, 1.54) is 0 Å². The number of nitrogens with two attached hydrogens (primary N) is 2. The first-order chi connectivity index (χ1) is 23.5. The fourth-order valence-corrected chi connectivity index (χ4v) is 7.04. The predicted molar refractivity (Wildman–Crippen MR) is 155 cm³/mol. The number of halogens is 3. The number of hydrogen-bond acceptors (Lipinski definition) is 17. The largest absolute Gasteiger partial charge is 0.527 e. The number of nitrogens with one attached hydrogen (secondary N) is 1. The van der Waals surface area contributed by atoms with Gasteiger partial charge in [-0.05, 0) is 6.42 Å². The number of hydrogen-bond donors (Lipinski definition) is 6. The first-order valence-electron chi connectivity index (χ1n) is 14.0. The first kappa shape index (κ1) is 33.9. The van der Waals surface area contributed by atoms with Gasteiger partial charge in [0, 0.05) is 12.0 Å². The van der Waals surface area contributed by atoms with Gasteiger partial charge in [-0.25, -0.2) is 29.1 Å². The number of ether oxygens (including phenoxy) is 2. The van der Waals surface area contributed by atoms with Crippen molar-refractivity contribution >= 4 is 49.7 Å². The molecule has 0 fully saturated rings. The lowest BCUT2D eigenvalue weighted by Gasteiger charge is -2.25. The Labute approximate surface area is 274 Å². The van der Waals surface area contributed by atoms with E-state index < -0.39 is 101 Å². The van der Waals surface area contributed by atoms with E-state index >= 15 is 0 Å². The Morgan fingerprint density at radius 2 is 1.60 bits per heavy atom. The van der Waals surface area contributed by atoms with Crippen LogP contribution in [0.3, 0.4) is 0 Å². The van der Waals surface area contributed by atoms with Crippen LogP contribution in [0.5, 0.6) is 0 Å². The van der Waals surface area contributed by atoms with Crippen molar-refractivity contribution in [1.29, 1.82) is 0 Å². The van der Waals surface area contributed by atoms with E-state index in [2.05, 4.69) is 29.9 Å². The Balaban J connectivity index is 1.26. The Hall–Kier alpha value is -4.61. The van der Waals surface area contributed by atoms with Crippen molar-refractivity contribution < 1.29 is 64.8 Å². The molecule has 0 amide bonds. The zero-order valence-electron chi connectivity index (χ0n) is 24.7. The van der Waals surface area contributed by atoms with Gasteiger partial charge in [0.25, 0.3) is 5.56 Å². The van der Waals surface area contributed by atoms with E-state index in [-0.39, 0.29) is 34.1 Å². The maximum Gasteiger partial charge on any atom is 0.527 e. The summed E-state index contributed by atoms with van der Waals surface area (Å²) in [6.07, 6.45) is -11.0. The molecule has 268 valence electrons. The molecule has 4 unspecified atom stereocenters. The second-order valence-electron chi connectivity index (χ2n) is 10.8. The van der Waals surface area contributed by atoms with Crippen LogP contribution < -0.4 is 17.0 Å². The average Bonchev–Trinajstić information content (AvgIpc) is 3.78. The number of nitrogen functional groups attached to an aromatic ring is 2. The number of anilines is 2. The molecular weight excluding hydrogens is 727 g/mol. The fourth-order valence-electron chi connectivity index (χ4n) is 5.39. The third-order valence-corrected chi connectivity index (χ3v) is 9.37. The number of aliphatic hydroxyl groups is 1. The van der Waals surface area contributed by atoms with Gasteiger partial charge in [-0.2, -0.15) is 18.2 Å². The third kappa shape index (κ3) is 6.28. The lowest BCUT2D eigenvalue weighted by molar-refractivity contribution is -0.134. The van der Waals surface area contributed by atoms with Gasteiger partial charge < -0.3 is 35.5 Å². The van der Waals surface area contributed by atoms with Gasteiger partial charge in [-0.3, -0.25) is 37.4 Å².